The number of hydrogen-bond acceptors (Lipinski definition) is 5. The lowest BCUT2D eigenvalue weighted by molar-refractivity contribution is 0.0728. The Morgan fingerprint density at radius 1 is 0.931 bits per heavy atom. The lowest BCUT2D eigenvalue weighted by Crippen LogP contribution is -2.27. The SMILES string of the molecule is CSc1ccc(OC(=O)c2nn(Cc3ccccc3)c(=O)c3ccccc23)cc1. The zero-order valence-corrected chi connectivity index (χ0v) is 16.6. The Bertz CT molecular complexity index is 1220. The summed E-state index contributed by atoms with van der Waals surface area (Å²) in [5.41, 5.74) is 0.791. The van der Waals surface area contributed by atoms with Crippen LogP contribution in [-0.4, -0.2) is 22.0 Å². The highest BCUT2D eigenvalue weighted by atomic mass is 32.2. The van der Waals surface area contributed by atoms with Crippen molar-refractivity contribution in [2.24, 2.45) is 0 Å². The van der Waals surface area contributed by atoms with Crippen LogP contribution in [0.2, 0.25) is 0 Å². The minimum atomic E-state index is -0.597. The number of nitrogens with zero attached hydrogens (tertiary/aromatic N) is 2. The number of benzene rings is 3. The summed E-state index contributed by atoms with van der Waals surface area (Å²) in [6, 6.07) is 23.7. The maximum Gasteiger partial charge on any atom is 0.364 e. The molecular weight excluding hydrogens is 384 g/mol. The van der Waals surface area contributed by atoms with E-state index >= 15 is 0 Å². The van der Waals surface area contributed by atoms with Gasteiger partial charge in [0.25, 0.3) is 5.56 Å². The van der Waals surface area contributed by atoms with Gasteiger partial charge in [-0.3, -0.25) is 4.79 Å². The Morgan fingerprint density at radius 2 is 1.59 bits per heavy atom. The number of fused-ring (bicyclic) bond motifs is 1. The number of aromatic nitrogens is 2. The Balaban J connectivity index is 1.74. The van der Waals surface area contributed by atoms with Gasteiger partial charge in [-0.25, -0.2) is 9.48 Å². The van der Waals surface area contributed by atoms with E-state index in [4.69, 9.17) is 4.74 Å². The van der Waals surface area contributed by atoms with E-state index in [0.29, 0.717) is 16.5 Å². The molecule has 0 saturated heterocycles. The van der Waals surface area contributed by atoms with Gasteiger partial charge >= 0.3 is 5.97 Å². The molecule has 29 heavy (non-hydrogen) atoms. The van der Waals surface area contributed by atoms with Crippen LogP contribution in [0.15, 0.2) is 88.6 Å². The van der Waals surface area contributed by atoms with Crippen LogP contribution in [0.25, 0.3) is 10.8 Å². The molecule has 6 heteroatoms. The van der Waals surface area contributed by atoms with Gasteiger partial charge in [0.05, 0.1) is 11.9 Å². The summed E-state index contributed by atoms with van der Waals surface area (Å²) in [6.45, 7) is 0.271. The van der Waals surface area contributed by atoms with Gasteiger partial charge in [0.15, 0.2) is 5.69 Å². The van der Waals surface area contributed by atoms with Gasteiger partial charge in [0.2, 0.25) is 0 Å². The monoisotopic (exact) mass is 402 g/mol. The Hall–Kier alpha value is -3.38. The summed E-state index contributed by atoms with van der Waals surface area (Å²) in [5.74, 6) is -0.167. The van der Waals surface area contributed by atoms with E-state index in [9.17, 15) is 9.59 Å². The van der Waals surface area contributed by atoms with Crippen LogP contribution in [0.3, 0.4) is 0 Å². The third-order valence-corrected chi connectivity index (χ3v) is 5.25. The lowest BCUT2D eigenvalue weighted by Gasteiger charge is -2.11. The summed E-state index contributed by atoms with van der Waals surface area (Å²) >= 11 is 1.61. The molecule has 0 radical (unpaired) electrons. The molecule has 0 fully saturated rings. The van der Waals surface area contributed by atoms with Crippen molar-refractivity contribution in [2.45, 2.75) is 11.4 Å². The average molecular weight is 402 g/mol. The highest BCUT2D eigenvalue weighted by molar-refractivity contribution is 7.98. The minimum Gasteiger partial charge on any atom is -0.422 e. The molecule has 0 unspecified atom stereocenters. The van der Waals surface area contributed by atoms with Crippen LogP contribution in [0.5, 0.6) is 5.75 Å². The topological polar surface area (TPSA) is 61.2 Å². The van der Waals surface area contributed by atoms with E-state index in [1.54, 1.807) is 48.2 Å². The highest BCUT2D eigenvalue weighted by Gasteiger charge is 2.19. The van der Waals surface area contributed by atoms with Crippen LogP contribution >= 0.6 is 11.8 Å². The molecule has 1 heterocycles. The fraction of sp³-hybridized carbons (Fsp3) is 0.0870. The Kier molecular flexibility index (Phi) is 5.44. The summed E-state index contributed by atoms with van der Waals surface area (Å²) in [7, 11) is 0. The normalized spacial score (nSPS) is 10.8. The van der Waals surface area contributed by atoms with Crippen LogP contribution in [0.4, 0.5) is 0 Å². The predicted octanol–water partition coefficient (Wildman–Crippen LogP) is 4.39. The first-order chi connectivity index (χ1) is 14.2. The molecule has 0 aliphatic rings. The van der Waals surface area contributed by atoms with Gasteiger partial charge in [-0.05, 0) is 42.2 Å². The van der Waals surface area contributed by atoms with E-state index in [0.717, 1.165) is 10.5 Å². The van der Waals surface area contributed by atoms with Crippen LogP contribution < -0.4 is 10.3 Å². The zero-order chi connectivity index (χ0) is 20.2. The molecule has 4 aromatic rings. The molecule has 0 bridgehead atoms. The van der Waals surface area contributed by atoms with Crippen molar-refractivity contribution in [2.75, 3.05) is 6.26 Å². The first kappa shape index (κ1) is 19.0. The minimum absolute atomic E-state index is 0.116. The number of esters is 1. The molecule has 0 aliphatic heterocycles. The molecule has 0 amide bonds. The molecule has 1 aromatic heterocycles. The van der Waals surface area contributed by atoms with Crippen LogP contribution in [-0.2, 0) is 6.54 Å². The first-order valence-electron chi connectivity index (χ1n) is 9.06. The standard InChI is InChI=1S/C23H18N2O3S/c1-29-18-13-11-17(12-14-18)28-23(27)21-19-9-5-6-10-20(19)22(26)25(24-21)15-16-7-3-2-4-8-16/h2-14H,15H2,1H3. The van der Waals surface area contributed by atoms with E-state index in [1.807, 2.05) is 48.7 Å². The van der Waals surface area contributed by atoms with Crippen LogP contribution in [0.1, 0.15) is 16.1 Å². The smallest absolute Gasteiger partial charge is 0.364 e. The third kappa shape index (κ3) is 4.07. The molecule has 0 atom stereocenters. The maximum atomic E-state index is 12.9. The molecular formula is C23H18N2O3S. The number of rotatable bonds is 5. The lowest BCUT2D eigenvalue weighted by atomic mass is 10.1. The van der Waals surface area contributed by atoms with Gasteiger partial charge in [-0.2, -0.15) is 5.10 Å². The van der Waals surface area contributed by atoms with E-state index < -0.39 is 5.97 Å². The molecule has 0 aliphatic carbocycles. The summed E-state index contributed by atoms with van der Waals surface area (Å²) in [6.07, 6.45) is 1.98. The maximum absolute atomic E-state index is 12.9. The molecule has 144 valence electrons. The molecule has 0 saturated carbocycles. The summed E-state index contributed by atoms with van der Waals surface area (Å²) in [5, 5.41) is 5.26. The fourth-order valence-electron chi connectivity index (χ4n) is 3.05. The Morgan fingerprint density at radius 3 is 2.28 bits per heavy atom. The van der Waals surface area contributed by atoms with Crippen LogP contribution in [0, 0.1) is 0 Å². The Labute approximate surface area is 171 Å². The van der Waals surface area contributed by atoms with E-state index in [2.05, 4.69) is 5.10 Å². The number of thioether (sulfide) groups is 1. The average Bonchev–Trinajstić information content (AvgIpc) is 2.77. The van der Waals surface area contributed by atoms with Crippen molar-refractivity contribution in [1.29, 1.82) is 0 Å². The molecule has 0 N–H and O–H groups in total. The second-order valence-electron chi connectivity index (χ2n) is 6.41. The summed E-state index contributed by atoms with van der Waals surface area (Å²) in [4.78, 5) is 26.8. The number of carbonyl (C=O) groups excluding carboxylic acids is 1. The number of hydrogen-bond donors (Lipinski definition) is 0. The second-order valence-corrected chi connectivity index (χ2v) is 7.29. The molecule has 3 aromatic carbocycles. The van der Waals surface area contributed by atoms with Gasteiger partial charge in [-0.1, -0.05) is 48.5 Å². The first-order valence-corrected chi connectivity index (χ1v) is 10.3. The second kappa shape index (κ2) is 8.32. The van der Waals surface area contributed by atoms with Crippen molar-refractivity contribution in [3.05, 3.63) is 100 Å². The molecule has 0 spiro atoms. The zero-order valence-electron chi connectivity index (χ0n) is 15.7. The van der Waals surface area contributed by atoms with Gasteiger partial charge in [-0.15, -0.1) is 11.8 Å². The van der Waals surface area contributed by atoms with Crippen molar-refractivity contribution < 1.29 is 9.53 Å². The van der Waals surface area contributed by atoms with Crippen molar-refractivity contribution in [1.82, 2.24) is 9.78 Å². The van der Waals surface area contributed by atoms with E-state index in [1.165, 1.54) is 4.68 Å². The van der Waals surface area contributed by atoms with E-state index in [-0.39, 0.29) is 17.8 Å². The predicted molar refractivity (Wildman–Crippen MR) is 115 cm³/mol. The van der Waals surface area contributed by atoms with Gasteiger partial charge in [0.1, 0.15) is 5.75 Å². The third-order valence-electron chi connectivity index (χ3n) is 4.51. The van der Waals surface area contributed by atoms with Gasteiger partial charge < -0.3 is 4.74 Å². The van der Waals surface area contributed by atoms with Crippen molar-refractivity contribution in [3.63, 3.8) is 0 Å². The van der Waals surface area contributed by atoms with Crippen molar-refractivity contribution in [3.8, 4) is 5.75 Å². The van der Waals surface area contributed by atoms with Crippen molar-refractivity contribution >= 4 is 28.5 Å². The number of carbonyl (C=O) groups is 1. The quantitative estimate of drug-likeness (QED) is 0.282. The molecule has 4 rings (SSSR count). The highest BCUT2D eigenvalue weighted by Crippen LogP contribution is 2.21. The largest absolute Gasteiger partial charge is 0.422 e. The number of ether oxygens (including phenoxy) is 1. The summed E-state index contributed by atoms with van der Waals surface area (Å²) < 4.78 is 6.84. The fourth-order valence-corrected chi connectivity index (χ4v) is 3.46. The molecule has 5 nitrogen and oxygen atoms in total. The van der Waals surface area contributed by atoms with Gasteiger partial charge in [0, 0.05) is 10.3 Å².